The van der Waals surface area contributed by atoms with E-state index in [4.69, 9.17) is 0 Å². The number of rotatable bonds is 6. The molecule has 0 radical (unpaired) electrons. The van der Waals surface area contributed by atoms with Gasteiger partial charge in [0.25, 0.3) is 0 Å². The maximum Gasteiger partial charge on any atom is 0.163 e. The summed E-state index contributed by atoms with van der Waals surface area (Å²) >= 11 is 0. The van der Waals surface area contributed by atoms with Crippen molar-refractivity contribution in [3.63, 3.8) is 0 Å². The summed E-state index contributed by atoms with van der Waals surface area (Å²) < 4.78 is 28.1. The molecule has 168 valence electrons. The Bertz CT molecular complexity index is 1190. The molecule has 0 bridgehead atoms. The summed E-state index contributed by atoms with van der Waals surface area (Å²) in [5.74, 6) is -0.763. The largest absolute Gasteiger partial charge is 0.299 e. The third-order valence-electron chi connectivity index (χ3n) is 6.57. The van der Waals surface area contributed by atoms with E-state index in [9.17, 15) is 13.6 Å². The molecule has 33 heavy (non-hydrogen) atoms. The molecule has 1 atom stereocenters. The van der Waals surface area contributed by atoms with Crippen LogP contribution in [0.5, 0.6) is 0 Å². The van der Waals surface area contributed by atoms with Crippen LogP contribution in [0.4, 0.5) is 8.78 Å². The summed E-state index contributed by atoms with van der Waals surface area (Å²) in [6.07, 6.45) is 5.77. The van der Waals surface area contributed by atoms with Crippen molar-refractivity contribution >= 4 is 11.5 Å². The molecule has 1 saturated heterocycles. The van der Waals surface area contributed by atoms with Gasteiger partial charge in [0, 0.05) is 54.2 Å². The molecule has 2 aliphatic heterocycles. The molecule has 3 heterocycles. The number of aliphatic imine (C=N–C) groups is 1. The molecule has 0 N–H and O–H groups in total. The fraction of sp³-hybridized carbons (Fsp3) is 0.296. The first-order valence-corrected chi connectivity index (χ1v) is 11.3. The van der Waals surface area contributed by atoms with Gasteiger partial charge in [0.1, 0.15) is 11.6 Å². The number of carbonyl (C=O) groups excluding carboxylic acids is 1. The van der Waals surface area contributed by atoms with Crippen LogP contribution < -0.4 is 0 Å². The Labute approximate surface area is 192 Å². The van der Waals surface area contributed by atoms with Crippen LogP contribution in [-0.2, 0) is 13.1 Å². The van der Waals surface area contributed by atoms with Gasteiger partial charge in [-0.2, -0.15) is 0 Å². The second kappa shape index (κ2) is 9.32. The highest BCUT2D eigenvalue weighted by Gasteiger charge is 2.25. The second-order valence-corrected chi connectivity index (χ2v) is 8.84. The molecule has 3 aromatic rings. The van der Waals surface area contributed by atoms with Crippen molar-refractivity contribution in [1.29, 1.82) is 0 Å². The van der Waals surface area contributed by atoms with Gasteiger partial charge in [-0.15, -0.1) is 0 Å². The van der Waals surface area contributed by atoms with Crippen molar-refractivity contribution in [3.05, 3.63) is 100 Å². The number of aromatic nitrogens is 1. The third-order valence-corrected chi connectivity index (χ3v) is 6.57. The topological polar surface area (TPSA) is 45.6 Å². The minimum absolute atomic E-state index is 0.0997. The van der Waals surface area contributed by atoms with Gasteiger partial charge in [-0.25, -0.2) is 8.78 Å². The first-order chi connectivity index (χ1) is 16.1. The fourth-order valence-corrected chi connectivity index (χ4v) is 4.86. The predicted molar refractivity (Wildman–Crippen MR) is 123 cm³/mol. The van der Waals surface area contributed by atoms with E-state index in [1.54, 1.807) is 12.4 Å². The number of benzene rings is 2. The standard InChI is InChI=1S/C27H25F2N3O/c28-24-4-1-5-25(29)23(24)17-32-12-2-3-18(16-32)13-26(33)20-6-7-21-15-31-27(22(21)14-20)19-8-10-30-11-9-19/h1,4-11,14,18H,2-3,12-13,15-17H2/t18-/m0/s1. The predicted octanol–water partition coefficient (Wildman–Crippen LogP) is 5.20. The van der Waals surface area contributed by atoms with Gasteiger partial charge in [0.2, 0.25) is 0 Å². The van der Waals surface area contributed by atoms with Crippen LogP contribution in [-0.4, -0.2) is 34.5 Å². The second-order valence-electron chi connectivity index (χ2n) is 8.84. The number of halogens is 2. The zero-order valence-corrected chi connectivity index (χ0v) is 18.3. The lowest BCUT2D eigenvalue weighted by Crippen LogP contribution is -2.36. The molecule has 0 aliphatic carbocycles. The number of piperidine rings is 1. The molecule has 2 aliphatic rings. The molecule has 4 nitrogen and oxygen atoms in total. The summed E-state index contributed by atoms with van der Waals surface area (Å²) in [6, 6.07) is 13.7. The quantitative estimate of drug-likeness (QED) is 0.490. The highest BCUT2D eigenvalue weighted by atomic mass is 19.1. The van der Waals surface area contributed by atoms with E-state index in [0.29, 0.717) is 25.1 Å². The SMILES string of the molecule is O=C(C[C@@H]1CCCN(Cc2c(F)cccc2F)C1)c1ccc2c(c1)C(c1ccncc1)=NC2. The Morgan fingerprint density at radius 1 is 1.06 bits per heavy atom. The highest BCUT2D eigenvalue weighted by molar-refractivity contribution is 6.16. The van der Waals surface area contributed by atoms with Gasteiger partial charge in [0.15, 0.2) is 5.78 Å². The zero-order chi connectivity index (χ0) is 22.8. The molecule has 2 aromatic carbocycles. The molecule has 1 aromatic heterocycles. The first kappa shape index (κ1) is 21.6. The van der Waals surface area contributed by atoms with Crippen LogP contribution in [0.15, 0.2) is 65.9 Å². The lowest BCUT2D eigenvalue weighted by atomic mass is 9.89. The monoisotopic (exact) mass is 445 g/mol. The lowest BCUT2D eigenvalue weighted by molar-refractivity contribution is 0.0910. The first-order valence-electron chi connectivity index (χ1n) is 11.3. The van der Waals surface area contributed by atoms with Crippen LogP contribution in [0.25, 0.3) is 0 Å². The van der Waals surface area contributed by atoms with E-state index in [0.717, 1.165) is 41.8 Å². The molecule has 0 spiro atoms. The molecule has 0 amide bonds. The van der Waals surface area contributed by atoms with Gasteiger partial charge in [-0.1, -0.05) is 18.2 Å². The molecular formula is C27H25F2N3O. The zero-order valence-electron chi connectivity index (χ0n) is 18.3. The number of pyridine rings is 1. The minimum atomic E-state index is -0.516. The Morgan fingerprint density at radius 2 is 1.85 bits per heavy atom. The number of likely N-dealkylation sites (tertiary alicyclic amines) is 1. The molecule has 6 heteroatoms. The van der Waals surface area contributed by atoms with Crippen molar-refractivity contribution in [2.75, 3.05) is 13.1 Å². The van der Waals surface area contributed by atoms with Gasteiger partial charge < -0.3 is 0 Å². The average molecular weight is 446 g/mol. The molecule has 1 fully saturated rings. The van der Waals surface area contributed by atoms with Crippen molar-refractivity contribution < 1.29 is 13.6 Å². The summed E-state index contributed by atoms with van der Waals surface area (Å²) in [4.78, 5) is 23.9. The maximum atomic E-state index is 14.1. The minimum Gasteiger partial charge on any atom is -0.299 e. The summed E-state index contributed by atoms with van der Waals surface area (Å²) in [5, 5.41) is 0. The van der Waals surface area contributed by atoms with Crippen molar-refractivity contribution in [2.24, 2.45) is 10.9 Å². The number of hydrogen-bond donors (Lipinski definition) is 0. The van der Waals surface area contributed by atoms with Gasteiger partial charge >= 0.3 is 0 Å². The summed E-state index contributed by atoms with van der Waals surface area (Å²) in [5.41, 5.74) is 4.82. The highest BCUT2D eigenvalue weighted by Crippen LogP contribution is 2.27. The normalized spacial score (nSPS) is 18.1. The smallest absolute Gasteiger partial charge is 0.163 e. The third kappa shape index (κ3) is 4.62. The molecule has 0 saturated carbocycles. The van der Waals surface area contributed by atoms with Gasteiger partial charge in [0.05, 0.1) is 12.3 Å². The lowest BCUT2D eigenvalue weighted by Gasteiger charge is -2.32. The van der Waals surface area contributed by atoms with Crippen molar-refractivity contribution in [3.8, 4) is 0 Å². The number of nitrogens with zero attached hydrogens (tertiary/aromatic N) is 3. The van der Waals surface area contributed by atoms with Crippen LogP contribution in [0.1, 0.15) is 51.9 Å². The van der Waals surface area contributed by atoms with Gasteiger partial charge in [-0.05, 0) is 61.2 Å². The average Bonchev–Trinajstić information content (AvgIpc) is 3.26. The van der Waals surface area contributed by atoms with Crippen LogP contribution in [0.2, 0.25) is 0 Å². The van der Waals surface area contributed by atoms with E-state index in [-0.39, 0.29) is 23.8 Å². The van der Waals surface area contributed by atoms with Crippen LogP contribution in [0, 0.1) is 17.6 Å². The van der Waals surface area contributed by atoms with E-state index < -0.39 is 11.6 Å². The van der Waals surface area contributed by atoms with Crippen molar-refractivity contribution in [1.82, 2.24) is 9.88 Å². The van der Waals surface area contributed by atoms with E-state index in [1.165, 1.54) is 18.2 Å². The number of fused-ring (bicyclic) bond motifs is 1. The molecule has 0 unspecified atom stereocenters. The van der Waals surface area contributed by atoms with Crippen LogP contribution in [0.3, 0.4) is 0 Å². The van der Waals surface area contributed by atoms with Crippen molar-refractivity contribution in [2.45, 2.75) is 32.4 Å². The van der Waals surface area contributed by atoms with Crippen LogP contribution >= 0.6 is 0 Å². The summed E-state index contributed by atoms with van der Waals surface area (Å²) in [6.45, 7) is 2.29. The fourth-order valence-electron chi connectivity index (χ4n) is 4.86. The number of Topliss-reactive ketones (excluding diaryl/α,β-unsaturated/α-hetero) is 1. The van der Waals surface area contributed by atoms with E-state index in [1.807, 2.05) is 30.3 Å². The Kier molecular flexibility index (Phi) is 6.09. The molecular weight excluding hydrogens is 420 g/mol. The number of hydrogen-bond acceptors (Lipinski definition) is 4. The molecule has 5 rings (SSSR count). The van der Waals surface area contributed by atoms with Gasteiger partial charge in [-0.3, -0.25) is 19.7 Å². The number of carbonyl (C=O) groups is 1. The Balaban J connectivity index is 1.27. The maximum absolute atomic E-state index is 14.1. The Morgan fingerprint density at radius 3 is 2.64 bits per heavy atom. The summed E-state index contributed by atoms with van der Waals surface area (Å²) in [7, 11) is 0. The van der Waals surface area contributed by atoms with E-state index in [2.05, 4.69) is 14.9 Å². The Hall–Kier alpha value is -3.25. The number of ketones is 1. The van der Waals surface area contributed by atoms with E-state index >= 15 is 0 Å².